The Morgan fingerprint density at radius 2 is 1.84 bits per heavy atom. The van der Waals surface area contributed by atoms with Crippen molar-refractivity contribution in [1.29, 1.82) is 0 Å². The number of furan rings is 1. The molecule has 2 aromatic heterocycles. The van der Waals surface area contributed by atoms with Crippen LogP contribution in [0.2, 0.25) is 0 Å². The number of ether oxygens (including phenoxy) is 2. The monoisotopic (exact) mass is 454 g/mol. The molecule has 4 aromatic rings. The van der Waals surface area contributed by atoms with E-state index in [4.69, 9.17) is 18.4 Å². The Hall–Kier alpha value is -4.05. The van der Waals surface area contributed by atoms with Gasteiger partial charge in [0.15, 0.2) is 5.76 Å². The first-order chi connectivity index (χ1) is 15.4. The third-order valence-corrected chi connectivity index (χ3v) is 5.78. The maximum atomic E-state index is 12.7. The maximum Gasteiger partial charge on any atom is 0.338 e. The van der Waals surface area contributed by atoms with Gasteiger partial charge in [0.2, 0.25) is 5.76 Å². The quantitative estimate of drug-likeness (QED) is 0.395. The Morgan fingerprint density at radius 3 is 2.56 bits per heavy atom. The van der Waals surface area contributed by atoms with Gasteiger partial charge in [0, 0.05) is 11.8 Å². The van der Waals surface area contributed by atoms with Gasteiger partial charge < -0.3 is 18.4 Å². The molecule has 164 valence electrons. The minimum absolute atomic E-state index is 0.0793. The van der Waals surface area contributed by atoms with Gasteiger partial charge in [0.1, 0.15) is 18.1 Å². The summed E-state index contributed by atoms with van der Waals surface area (Å²) in [5.74, 6) is 0.797. The number of carbonyl (C=O) groups is 1. The van der Waals surface area contributed by atoms with Gasteiger partial charge in [-0.15, -0.1) is 0 Å². The van der Waals surface area contributed by atoms with E-state index in [-0.39, 0.29) is 17.1 Å². The molecular weight excluding hydrogens is 436 g/mol. The molecule has 0 saturated heterocycles. The Balaban J connectivity index is 1.42. The fourth-order valence-electron chi connectivity index (χ4n) is 2.80. The van der Waals surface area contributed by atoms with Crippen LogP contribution < -0.4 is 9.46 Å². The zero-order valence-corrected chi connectivity index (χ0v) is 17.7. The smallest absolute Gasteiger partial charge is 0.338 e. The van der Waals surface area contributed by atoms with Crippen molar-refractivity contribution in [1.82, 2.24) is 5.16 Å². The molecule has 0 radical (unpaired) electrons. The summed E-state index contributed by atoms with van der Waals surface area (Å²) in [6.45, 7) is -0.149. The number of rotatable bonds is 8. The zero-order valence-electron chi connectivity index (χ0n) is 16.8. The molecule has 9 nitrogen and oxygen atoms in total. The highest BCUT2D eigenvalue weighted by atomic mass is 32.2. The highest BCUT2D eigenvalue weighted by molar-refractivity contribution is 7.92. The number of hydrogen-bond donors (Lipinski definition) is 1. The molecule has 32 heavy (non-hydrogen) atoms. The summed E-state index contributed by atoms with van der Waals surface area (Å²) in [4.78, 5) is 12.4. The molecule has 0 saturated carbocycles. The average Bonchev–Trinajstić information content (AvgIpc) is 3.50. The van der Waals surface area contributed by atoms with Gasteiger partial charge in [0.05, 0.1) is 23.8 Å². The highest BCUT2D eigenvalue weighted by Gasteiger charge is 2.18. The fourth-order valence-corrected chi connectivity index (χ4v) is 3.90. The van der Waals surface area contributed by atoms with E-state index in [2.05, 4.69) is 9.88 Å². The second kappa shape index (κ2) is 8.98. The predicted octanol–water partition coefficient (Wildman–Crippen LogP) is 4.10. The number of nitrogens with zero attached hydrogens (tertiary/aromatic N) is 1. The molecule has 0 fully saturated rings. The molecule has 10 heteroatoms. The molecule has 2 aromatic carbocycles. The summed E-state index contributed by atoms with van der Waals surface area (Å²) < 4.78 is 48.5. The fraction of sp³-hybridized carbons (Fsp3) is 0.0909. The van der Waals surface area contributed by atoms with Crippen LogP contribution >= 0.6 is 0 Å². The number of esters is 1. The van der Waals surface area contributed by atoms with Gasteiger partial charge in [-0.05, 0) is 54.6 Å². The largest absolute Gasteiger partial charge is 0.497 e. The van der Waals surface area contributed by atoms with Crippen LogP contribution in [-0.4, -0.2) is 26.7 Å². The lowest BCUT2D eigenvalue weighted by Crippen LogP contribution is -2.14. The Bertz CT molecular complexity index is 1310. The molecule has 1 N–H and O–H groups in total. The first-order valence-corrected chi connectivity index (χ1v) is 10.9. The third kappa shape index (κ3) is 4.81. The number of hydrogen-bond acceptors (Lipinski definition) is 8. The second-order valence-corrected chi connectivity index (χ2v) is 8.28. The molecule has 4 rings (SSSR count). The zero-order chi connectivity index (χ0) is 22.6. The number of sulfonamides is 1. The number of aromatic nitrogens is 1. The maximum absolute atomic E-state index is 12.7. The van der Waals surface area contributed by atoms with Crippen LogP contribution in [0.5, 0.6) is 5.75 Å². The minimum atomic E-state index is -3.91. The molecule has 0 aliphatic heterocycles. The molecule has 0 spiro atoms. The van der Waals surface area contributed by atoms with Crippen molar-refractivity contribution in [3.05, 3.63) is 84.3 Å². The van der Waals surface area contributed by atoms with E-state index >= 15 is 0 Å². The molecule has 0 aliphatic rings. The molecule has 0 unspecified atom stereocenters. The van der Waals surface area contributed by atoms with Crippen molar-refractivity contribution in [2.75, 3.05) is 11.8 Å². The lowest BCUT2D eigenvalue weighted by Gasteiger charge is -2.10. The summed E-state index contributed by atoms with van der Waals surface area (Å²) in [5, 5.41) is 3.83. The highest BCUT2D eigenvalue weighted by Crippen LogP contribution is 2.22. The Labute approximate surface area is 183 Å². The summed E-state index contributed by atoms with van der Waals surface area (Å²) in [5.41, 5.74) is 0.823. The van der Waals surface area contributed by atoms with E-state index in [1.807, 2.05) is 0 Å². The van der Waals surface area contributed by atoms with Crippen LogP contribution in [0, 0.1) is 0 Å². The van der Waals surface area contributed by atoms with Gasteiger partial charge in [-0.3, -0.25) is 4.72 Å². The molecule has 0 atom stereocenters. The van der Waals surface area contributed by atoms with E-state index in [0.29, 0.717) is 28.7 Å². The third-order valence-electron chi connectivity index (χ3n) is 4.40. The first-order valence-electron chi connectivity index (χ1n) is 9.38. The van der Waals surface area contributed by atoms with Crippen LogP contribution in [0.3, 0.4) is 0 Å². The SMILES string of the molecule is COc1ccc(NS(=O)(=O)c2cccc(C(=O)OCc3cc(-c4ccco4)on3)c2)cc1. The van der Waals surface area contributed by atoms with Crippen LogP contribution in [-0.2, 0) is 21.4 Å². The summed E-state index contributed by atoms with van der Waals surface area (Å²) in [7, 11) is -2.40. The molecule has 2 heterocycles. The van der Waals surface area contributed by atoms with Gasteiger partial charge in [-0.2, -0.15) is 0 Å². The Kier molecular flexibility index (Phi) is 5.95. The molecular formula is C22H18N2O7S. The van der Waals surface area contributed by atoms with Crippen molar-refractivity contribution < 1.29 is 31.6 Å². The number of nitrogens with one attached hydrogen (secondary N) is 1. The van der Waals surface area contributed by atoms with Crippen molar-refractivity contribution >= 4 is 21.7 Å². The topological polar surface area (TPSA) is 121 Å². The van der Waals surface area contributed by atoms with Gasteiger partial charge in [-0.1, -0.05) is 11.2 Å². The average molecular weight is 454 g/mol. The van der Waals surface area contributed by atoms with Crippen LogP contribution in [0.4, 0.5) is 5.69 Å². The van der Waals surface area contributed by atoms with E-state index in [9.17, 15) is 13.2 Å². The second-order valence-electron chi connectivity index (χ2n) is 6.60. The molecule has 0 bridgehead atoms. The van der Waals surface area contributed by atoms with E-state index in [0.717, 1.165) is 0 Å². The van der Waals surface area contributed by atoms with Gasteiger partial charge >= 0.3 is 5.97 Å². The summed E-state index contributed by atoms with van der Waals surface area (Å²) >= 11 is 0. The molecule has 0 amide bonds. The number of benzene rings is 2. The predicted molar refractivity (Wildman–Crippen MR) is 114 cm³/mol. The minimum Gasteiger partial charge on any atom is -0.497 e. The van der Waals surface area contributed by atoms with Crippen LogP contribution in [0.1, 0.15) is 16.1 Å². The van der Waals surface area contributed by atoms with Gasteiger partial charge in [-0.25, -0.2) is 13.2 Å². The van der Waals surface area contributed by atoms with Crippen molar-refractivity contribution in [2.45, 2.75) is 11.5 Å². The van der Waals surface area contributed by atoms with Gasteiger partial charge in [0.25, 0.3) is 10.0 Å². The van der Waals surface area contributed by atoms with E-state index in [1.165, 1.54) is 37.6 Å². The summed E-state index contributed by atoms with van der Waals surface area (Å²) in [6.07, 6.45) is 1.50. The summed E-state index contributed by atoms with van der Waals surface area (Å²) in [6, 6.07) is 17.0. The van der Waals surface area contributed by atoms with Crippen molar-refractivity contribution in [3.8, 4) is 17.3 Å². The number of carbonyl (C=O) groups excluding carboxylic acids is 1. The number of methoxy groups -OCH3 is 1. The first kappa shape index (κ1) is 21.2. The van der Waals surface area contributed by atoms with E-state index < -0.39 is 16.0 Å². The Morgan fingerprint density at radius 1 is 1.03 bits per heavy atom. The standard InChI is InChI=1S/C22H18N2O7S/c1-28-18-9-7-16(8-10-18)24-32(26,27)19-5-2-4-15(12-19)22(25)30-14-17-13-21(31-23-17)20-6-3-11-29-20/h2-13,24H,14H2,1H3. The number of anilines is 1. The van der Waals surface area contributed by atoms with Crippen LogP contribution in [0.15, 0.2) is 86.8 Å². The molecule has 0 aliphatic carbocycles. The lowest BCUT2D eigenvalue weighted by molar-refractivity contribution is 0.0464. The van der Waals surface area contributed by atoms with Crippen LogP contribution in [0.25, 0.3) is 11.5 Å². The normalized spacial score (nSPS) is 11.2. The lowest BCUT2D eigenvalue weighted by atomic mass is 10.2. The van der Waals surface area contributed by atoms with Crippen molar-refractivity contribution in [2.24, 2.45) is 0 Å². The van der Waals surface area contributed by atoms with Crippen molar-refractivity contribution in [3.63, 3.8) is 0 Å². The van der Waals surface area contributed by atoms with E-state index in [1.54, 1.807) is 42.5 Å².